The highest BCUT2D eigenvalue weighted by atomic mass is 16.5. The Kier molecular flexibility index (Phi) is 4.27. The monoisotopic (exact) mass is 277 g/mol. The molecule has 0 spiro atoms. The van der Waals surface area contributed by atoms with E-state index >= 15 is 0 Å². The van der Waals surface area contributed by atoms with Gasteiger partial charge in [0.15, 0.2) is 17.3 Å². The van der Waals surface area contributed by atoms with Gasteiger partial charge >= 0.3 is 0 Å². The summed E-state index contributed by atoms with van der Waals surface area (Å²) in [6, 6.07) is 3.10. The highest BCUT2D eigenvalue weighted by Crippen LogP contribution is 2.33. The summed E-state index contributed by atoms with van der Waals surface area (Å²) in [6.07, 6.45) is 2.29. The van der Waals surface area contributed by atoms with Gasteiger partial charge in [-0.25, -0.2) is 0 Å². The number of carbonyl (C=O) groups is 2. The van der Waals surface area contributed by atoms with Gasteiger partial charge in [0, 0.05) is 12.5 Å². The highest BCUT2D eigenvalue weighted by molar-refractivity contribution is 6.03. The molecule has 0 unspecified atom stereocenters. The molecule has 0 saturated heterocycles. The summed E-state index contributed by atoms with van der Waals surface area (Å²) in [6.45, 7) is 1.42. The number of rotatable bonds is 3. The number of hydrogen-bond acceptors (Lipinski definition) is 4. The molecule has 1 aliphatic carbocycles. The summed E-state index contributed by atoms with van der Waals surface area (Å²) in [7, 11) is 3.11. The van der Waals surface area contributed by atoms with E-state index in [2.05, 4.69) is 5.32 Å². The van der Waals surface area contributed by atoms with Gasteiger partial charge in [-0.15, -0.1) is 0 Å². The minimum Gasteiger partial charge on any atom is -0.493 e. The lowest BCUT2D eigenvalue weighted by atomic mass is 9.99. The topological polar surface area (TPSA) is 64.6 Å². The fourth-order valence-corrected chi connectivity index (χ4v) is 2.56. The quantitative estimate of drug-likeness (QED) is 0.855. The predicted octanol–water partition coefficient (Wildman–Crippen LogP) is 1.73. The SMILES string of the molecule is COc1cc2c(cc1OC)C(=O)[C@@H](NC(C)=O)CCC2. The van der Waals surface area contributed by atoms with E-state index in [1.807, 2.05) is 6.07 Å². The van der Waals surface area contributed by atoms with E-state index in [0.29, 0.717) is 23.5 Å². The second-order valence-corrected chi connectivity index (χ2v) is 4.87. The molecule has 0 saturated carbocycles. The average Bonchev–Trinajstić information content (AvgIpc) is 2.57. The molecule has 5 nitrogen and oxygen atoms in total. The third-order valence-corrected chi connectivity index (χ3v) is 3.51. The number of amides is 1. The smallest absolute Gasteiger partial charge is 0.217 e. The summed E-state index contributed by atoms with van der Waals surface area (Å²) in [4.78, 5) is 23.7. The molecule has 1 aromatic rings. The van der Waals surface area contributed by atoms with Crippen LogP contribution in [0.2, 0.25) is 0 Å². The molecule has 0 aromatic heterocycles. The maximum absolute atomic E-state index is 12.5. The Hall–Kier alpha value is -2.04. The lowest BCUT2D eigenvalue weighted by Crippen LogP contribution is -2.39. The largest absolute Gasteiger partial charge is 0.493 e. The van der Waals surface area contributed by atoms with Crippen LogP contribution in [0.1, 0.15) is 35.7 Å². The van der Waals surface area contributed by atoms with Crippen molar-refractivity contribution in [3.63, 3.8) is 0 Å². The van der Waals surface area contributed by atoms with Gasteiger partial charge in [0.25, 0.3) is 0 Å². The first-order chi connectivity index (χ1) is 9.56. The van der Waals surface area contributed by atoms with Gasteiger partial charge in [-0.1, -0.05) is 0 Å². The van der Waals surface area contributed by atoms with Gasteiger partial charge in [-0.3, -0.25) is 9.59 Å². The number of ketones is 1. The molecule has 20 heavy (non-hydrogen) atoms. The van der Waals surface area contributed by atoms with Crippen molar-refractivity contribution in [1.29, 1.82) is 0 Å². The highest BCUT2D eigenvalue weighted by Gasteiger charge is 2.27. The number of carbonyl (C=O) groups excluding carboxylic acids is 2. The fourth-order valence-electron chi connectivity index (χ4n) is 2.56. The zero-order valence-electron chi connectivity index (χ0n) is 12.0. The summed E-state index contributed by atoms with van der Waals surface area (Å²) in [5.74, 6) is 0.904. The molecular formula is C15H19NO4. The predicted molar refractivity (Wildman–Crippen MR) is 74.4 cm³/mol. The van der Waals surface area contributed by atoms with Crippen LogP contribution < -0.4 is 14.8 Å². The number of hydrogen-bond donors (Lipinski definition) is 1. The van der Waals surface area contributed by atoms with Crippen molar-refractivity contribution >= 4 is 11.7 Å². The van der Waals surface area contributed by atoms with Crippen LogP contribution in [0.4, 0.5) is 0 Å². The van der Waals surface area contributed by atoms with Crippen LogP contribution in [0.25, 0.3) is 0 Å². The van der Waals surface area contributed by atoms with Gasteiger partial charge in [-0.2, -0.15) is 0 Å². The second-order valence-electron chi connectivity index (χ2n) is 4.87. The first-order valence-corrected chi connectivity index (χ1v) is 6.63. The van der Waals surface area contributed by atoms with Crippen molar-refractivity contribution in [3.05, 3.63) is 23.3 Å². The molecule has 0 radical (unpaired) electrons. The molecular weight excluding hydrogens is 258 g/mol. The molecule has 0 aliphatic heterocycles. The average molecular weight is 277 g/mol. The van der Waals surface area contributed by atoms with Crippen molar-refractivity contribution in [3.8, 4) is 11.5 Å². The molecule has 1 atom stereocenters. The van der Waals surface area contributed by atoms with Crippen LogP contribution in [0, 0.1) is 0 Å². The van der Waals surface area contributed by atoms with Crippen molar-refractivity contribution in [1.82, 2.24) is 5.32 Å². The number of methoxy groups -OCH3 is 2. The van der Waals surface area contributed by atoms with Crippen LogP contribution in [0.5, 0.6) is 11.5 Å². The molecule has 1 amide bonds. The lowest BCUT2D eigenvalue weighted by molar-refractivity contribution is -0.119. The molecule has 1 aliphatic rings. The number of benzene rings is 1. The summed E-state index contributed by atoms with van der Waals surface area (Å²) >= 11 is 0. The third-order valence-electron chi connectivity index (χ3n) is 3.51. The standard InChI is InChI=1S/C15H19NO4/c1-9(17)16-12-6-4-5-10-7-13(19-2)14(20-3)8-11(10)15(12)18/h7-8,12H,4-6H2,1-3H3,(H,16,17)/t12-/m0/s1. The Labute approximate surface area is 118 Å². The fraction of sp³-hybridized carbons (Fsp3) is 0.467. The van der Waals surface area contributed by atoms with Crippen LogP contribution in [0.15, 0.2) is 12.1 Å². The van der Waals surface area contributed by atoms with E-state index in [0.717, 1.165) is 18.4 Å². The zero-order valence-corrected chi connectivity index (χ0v) is 12.0. The van der Waals surface area contributed by atoms with Gasteiger partial charge in [0.2, 0.25) is 5.91 Å². The van der Waals surface area contributed by atoms with Crippen LogP contribution in [-0.2, 0) is 11.2 Å². The Balaban J connectivity index is 2.42. The minimum absolute atomic E-state index is 0.0614. The molecule has 2 rings (SSSR count). The lowest BCUT2D eigenvalue weighted by Gasteiger charge is -2.16. The number of nitrogens with one attached hydrogen (secondary N) is 1. The van der Waals surface area contributed by atoms with Crippen molar-refractivity contribution in [2.24, 2.45) is 0 Å². The van der Waals surface area contributed by atoms with Crippen LogP contribution in [0.3, 0.4) is 0 Å². The Morgan fingerprint density at radius 1 is 1.25 bits per heavy atom. The Morgan fingerprint density at radius 3 is 2.50 bits per heavy atom. The van der Waals surface area contributed by atoms with E-state index in [4.69, 9.17) is 9.47 Å². The van der Waals surface area contributed by atoms with Gasteiger partial charge in [-0.05, 0) is 37.0 Å². The van der Waals surface area contributed by atoms with Crippen molar-refractivity contribution in [2.45, 2.75) is 32.2 Å². The molecule has 1 aromatic carbocycles. The van der Waals surface area contributed by atoms with Crippen molar-refractivity contribution in [2.75, 3.05) is 14.2 Å². The molecule has 0 fully saturated rings. The first-order valence-electron chi connectivity index (χ1n) is 6.63. The van der Waals surface area contributed by atoms with Crippen LogP contribution in [-0.4, -0.2) is 32.0 Å². The summed E-state index contributed by atoms with van der Waals surface area (Å²) in [5.41, 5.74) is 1.56. The number of ether oxygens (including phenoxy) is 2. The second kappa shape index (κ2) is 5.94. The summed E-state index contributed by atoms with van der Waals surface area (Å²) < 4.78 is 10.5. The van der Waals surface area contributed by atoms with E-state index in [1.165, 1.54) is 14.0 Å². The van der Waals surface area contributed by atoms with E-state index in [-0.39, 0.29) is 11.7 Å². The molecule has 0 bridgehead atoms. The minimum atomic E-state index is -0.452. The first kappa shape index (κ1) is 14.4. The van der Waals surface area contributed by atoms with Gasteiger partial charge < -0.3 is 14.8 Å². The molecule has 108 valence electrons. The number of aryl methyl sites for hydroxylation is 1. The Morgan fingerprint density at radius 2 is 1.90 bits per heavy atom. The number of fused-ring (bicyclic) bond motifs is 1. The Bertz CT molecular complexity index is 539. The van der Waals surface area contributed by atoms with E-state index < -0.39 is 6.04 Å². The third kappa shape index (κ3) is 2.76. The molecule has 5 heteroatoms. The van der Waals surface area contributed by atoms with E-state index in [9.17, 15) is 9.59 Å². The van der Waals surface area contributed by atoms with E-state index in [1.54, 1.807) is 13.2 Å². The molecule has 1 N–H and O–H groups in total. The van der Waals surface area contributed by atoms with Crippen LogP contribution >= 0.6 is 0 Å². The maximum atomic E-state index is 12.5. The zero-order chi connectivity index (χ0) is 14.7. The van der Waals surface area contributed by atoms with Crippen molar-refractivity contribution < 1.29 is 19.1 Å². The van der Waals surface area contributed by atoms with Gasteiger partial charge in [0.1, 0.15) is 0 Å². The maximum Gasteiger partial charge on any atom is 0.217 e. The van der Waals surface area contributed by atoms with Gasteiger partial charge in [0.05, 0.1) is 20.3 Å². The normalized spacial score (nSPS) is 17.9. The molecule has 0 heterocycles. The number of Topliss-reactive ketones (excluding diaryl/α,β-unsaturated/α-hetero) is 1. The summed E-state index contributed by atoms with van der Waals surface area (Å²) in [5, 5.41) is 2.72.